The molecule has 0 N–H and O–H groups in total. The summed E-state index contributed by atoms with van der Waals surface area (Å²) in [7, 11) is -3.79. The first-order valence-corrected chi connectivity index (χ1v) is 9.72. The molecule has 3 nitrogen and oxygen atoms in total. The zero-order valence-electron chi connectivity index (χ0n) is 13.8. The highest BCUT2D eigenvalue weighted by atomic mass is 35.5. The molecule has 0 saturated carbocycles. The Bertz CT molecular complexity index is 1040. The van der Waals surface area contributed by atoms with Crippen LogP contribution in [0.1, 0.15) is 11.1 Å². The quantitative estimate of drug-likeness (QED) is 0.600. The van der Waals surface area contributed by atoms with Gasteiger partial charge in [0, 0.05) is 10.6 Å². The van der Waals surface area contributed by atoms with Crippen LogP contribution in [0.25, 0.3) is 0 Å². The normalized spacial score (nSPS) is 10.9. The Balaban J connectivity index is 2.10. The number of hydrogen-bond donors (Lipinski definition) is 0. The topological polar surface area (TPSA) is 37.4 Å². The number of benzene rings is 3. The first kappa shape index (κ1) is 18.1. The average molecular weight is 382 g/mol. The Kier molecular flexibility index (Phi) is 5.32. The lowest BCUT2D eigenvalue weighted by Gasteiger charge is -2.25. The fourth-order valence-electron chi connectivity index (χ4n) is 2.60. The van der Waals surface area contributed by atoms with Gasteiger partial charge in [0.05, 0.1) is 17.1 Å². The van der Waals surface area contributed by atoms with Crippen molar-refractivity contribution >= 4 is 27.3 Å². The summed E-state index contributed by atoms with van der Waals surface area (Å²) in [5.74, 6) is 2.61. The molecule has 0 fully saturated rings. The van der Waals surface area contributed by atoms with Crippen molar-refractivity contribution < 1.29 is 8.42 Å². The largest absolute Gasteiger partial charge is 0.264 e. The molecule has 0 radical (unpaired) electrons. The smallest absolute Gasteiger partial charge is 0.262 e. The van der Waals surface area contributed by atoms with Gasteiger partial charge in [0.1, 0.15) is 0 Å². The predicted molar refractivity (Wildman–Crippen MR) is 106 cm³/mol. The van der Waals surface area contributed by atoms with Crippen molar-refractivity contribution in [3.05, 3.63) is 95.0 Å². The van der Waals surface area contributed by atoms with E-state index in [0.29, 0.717) is 16.3 Å². The summed E-state index contributed by atoms with van der Waals surface area (Å²) in [6, 6.07) is 22.4. The van der Waals surface area contributed by atoms with Crippen molar-refractivity contribution in [3.63, 3.8) is 0 Å². The highest BCUT2D eigenvalue weighted by Gasteiger charge is 2.25. The van der Waals surface area contributed by atoms with E-state index in [1.807, 2.05) is 24.3 Å². The van der Waals surface area contributed by atoms with E-state index in [2.05, 4.69) is 5.92 Å². The molecule has 0 aromatic heterocycles. The Morgan fingerprint density at radius 2 is 1.50 bits per heavy atom. The third kappa shape index (κ3) is 3.75. The highest BCUT2D eigenvalue weighted by molar-refractivity contribution is 7.92. The van der Waals surface area contributed by atoms with Gasteiger partial charge in [-0.05, 0) is 48.0 Å². The fraction of sp³-hybridized carbons (Fsp3) is 0.0476. The Labute approximate surface area is 158 Å². The van der Waals surface area contributed by atoms with E-state index in [-0.39, 0.29) is 11.4 Å². The molecule has 3 aromatic carbocycles. The van der Waals surface area contributed by atoms with Crippen LogP contribution in [0.3, 0.4) is 0 Å². The first-order chi connectivity index (χ1) is 12.5. The second-order valence-electron chi connectivity index (χ2n) is 5.60. The van der Waals surface area contributed by atoms with Crippen LogP contribution in [0.5, 0.6) is 0 Å². The molecule has 3 aromatic rings. The third-order valence-electron chi connectivity index (χ3n) is 3.93. The summed E-state index contributed by atoms with van der Waals surface area (Å²) in [6.45, 7) is 0.134. The standard InChI is InChI=1S/C21H16ClNO2S/c1-2-17-8-6-7-9-18(17)16-23(20-10-4-3-5-11-20)26(24,25)21-14-12-19(22)13-15-21/h1,3-15H,16H2. The van der Waals surface area contributed by atoms with Gasteiger partial charge in [-0.3, -0.25) is 4.31 Å². The van der Waals surface area contributed by atoms with Gasteiger partial charge >= 0.3 is 0 Å². The van der Waals surface area contributed by atoms with Gasteiger partial charge in [0.2, 0.25) is 0 Å². The number of rotatable bonds is 5. The Morgan fingerprint density at radius 1 is 0.885 bits per heavy atom. The minimum atomic E-state index is -3.79. The Morgan fingerprint density at radius 3 is 2.15 bits per heavy atom. The summed E-state index contributed by atoms with van der Waals surface area (Å²) < 4.78 is 27.9. The zero-order chi connectivity index (χ0) is 18.6. The zero-order valence-corrected chi connectivity index (χ0v) is 15.4. The van der Waals surface area contributed by atoms with Crippen LogP contribution in [-0.4, -0.2) is 8.42 Å². The van der Waals surface area contributed by atoms with E-state index in [1.165, 1.54) is 16.4 Å². The predicted octanol–water partition coefficient (Wildman–Crippen LogP) is 4.72. The lowest BCUT2D eigenvalue weighted by molar-refractivity contribution is 0.590. The van der Waals surface area contributed by atoms with Crippen molar-refractivity contribution in [3.8, 4) is 12.3 Å². The molecule has 26 heavy (non-hydrogen) atoms. The molecular weight excluding hydrogens is 366 g/mol. The summed E-state index contributed by atoms with van der Waals surface area (Å²) in [5.41, 5.74) is 1.99. The van der Waals surface area contributed by atoms with E-state index in [0.717, 1.165) is 5.56 Å². The second kappa shape index (κ2) is 7.65. The van der Waals surface area contributed by atoms with Crippen LogP contribution in [0.4, 0.5) is 5.69 Å². The van der Waals surface area contributed by atoms with Gasteiger partial charge < -0.3 is 0 Å². The van der Waals surface area contributed by atoms with Crippen molar-refractivity contribution in [2.24, 2.45) is 0 Å². The third-order valence-corrected chi connectivity index (χ3v) is 5.97. The molecule has 0 atom stereocenters. The molecule has 0 aliphatic rings. The van der Waals surface area contributed by atoms with E-state index in [1.54, 1.807) is 42.5 Å². The van der Waals surface area contributed by atoms with E-state index >= 15 is 0 Å². The van der Waals surface area contributed by atoms with Gasteiger partial charge in [0.15, 0.2) is 0 Å². The monoisotopic (exact) mass is 381 g/mol. The van der Waals surface area contributed by atoms with Gasteiger partial charge in [0.25, 0.3) is 10.0 Å². The number of sulfonamides is 1. The van der Waals surface area contributed by atoms with E-state index < -0.39 is 10.0 Å². The van der Waals surface area contributed by atoms with Crippen LogP contribution >= 0.6 is 11.6 Å². The van der Waals surface area contributed by atoms with Crippen LogP contribution in [-0.2, 0) is 16.6 Å². The van der Waals surface area contributed by atoms with Gasteiger partial charge in [-0.25, -0.2) is 8.42 Å². The number of halogens is 1. The second-order valence-corrected chi connectivity index (χ2v) is 7.90. The first-order valence-electron chi connectivity index (χ1n) is 7.90. The van der Waals surface area contributed by atoms with Crippen LogP contribution in [0.2, 0.25) is 5.02 Å². The molecule has 130 valence electrons. The minimum Gasteiger partial charge on any atom is -0.262 e. The summed E-state index contributed by atoms with van der Waals surface area (Å²) >= 11 is 5.90. The number of terminal acetylenes is 1. The molecule has 0 aliphatic carbocycles. The maximum absolute atomic E-state index is 13.3. The number of nitrogens with zero attached hydrogens (tertiary/aromatic N) is 1. The lowest BCUT2D eigenvalue weighted by atomic mass is 10.1. The SMILES string of the molecule is C#Cc1ccccc1CN(c1ccccc1)S(=O)(=O)c1ccc(Cl)cc1. The summed E-state index contributed by atoms with van der Waals surface area (Å²) in [6.07, 6.45) is 5.57. The van der Waals surface area contributed by atoms with Crippen molar-refractivity contribution in [2.45, 2.75) is 11.4 Å². The molecule has 0 spiro atoms. The molecule has 0 amide bonds. The van der Waals surface area contributed by atoms with Crippen molar-refractivity contribution in [1.29, 1.82) is 0 Å². The lowest BCUT2D eigenvalue weighted by Crippen LogP contribution is -2.30. The minimum absolute atomic E-state index is 0.134. The molecular formula is C21H16ClNO2S. The molecule has 3 rings (SSSR count). The van der Waals surface area contributed by atoms with Crippen molar-refractivity contribution in [1.82, 2.24) is 0 Å². The Hall–Kier alpha value is -2.74. The maximum atomic E-state index is 13.3. The molecule has 5 heteroatoms. The number of para-hydroxylation sites is 1. The molecule has 0 aliphatic heterocycles. The van der Waals surface area contributed by atoms with E-state index in [9.17, 15) is 8.42 Å². The van der Waals surface area contributed by atoms with Crippen LogP contribution in [0, 0.1) is 12.3 Å². The van der Waals surface area contributed by atoms with Gasteiger partial charge in [-0.1, -0.05) is 53.9 Å². The number of hydrogen-bond acceptors (Lipinski definition) is 2. The molecule has 0 unspecified atom stereocenters. The molecule has 0 saturated heterocycles. The summed E-state index contributed by atoms with van der Waals surface area (Å²) in [4.78, 5) is 0.170. The summed E-state index contributed by atoms with van der Waals surface area (Å²) in [5, 5.41) is 0.480. The van der Waals surface area contributed by atoms with E-state index in [4.69, 9.17) is 18.0 Å². The molecule has 0 bridgehead atoms. The number of anilines is 1. The van der Waals surface area contributed by atoms with Crippen molar-refractivity contribution in [2.75, 3.05) is 4.31 Å². The van der Waals surface area contributed by atoms with Crippen LogP contribution < -0.4 is 4.31 Å². The van der Waals surface area contributed by atoms with Gasteiger partial charge in [-0.2, -0.15) is 0 Å². The molecule has 0 heterocycles. The average Bonchev–Trinajstić information content (AvgIpc) is 2.67. The van der Waals surface area contributed by atoms with Gasteiger partial charge in [-0.15, -0.1) is 6.42 Å². The van der Waals surface area contributed by atoms with Crippen LogP contribution in [0.15, 0.2) is 83.8 Å². The maximum Gasteiger partial charge on any atom is 0.264 e. The fourth-order valence-corrected chi connectivity index (χ4v) is 4.17. The highest BCUT2D eigenvalue weighted by Crippen LogP contribution is 2.27.